The number of carboxylic acid groups (broad SMARTS) is 1. The van der Waals surface area contributed by atoms with Crippen LogP contribution in [0, 0.1) is 0 Å². The molecule has 0 unspecified atom stereocenters. The van der Waals surface area contributed by atoms with E-state index in [9.17, 15) is 9.59 Å². The molecule has 2 aromatic rings. The second-order valence-corrected chi connectivity index (χ2v) is 6.26. The summed E-state index contributed by atoms with van der Waals surface area (Å²) in [4.78, 5) is 28.0. The van der Waals surface area contributed by atoms with E-state index in [1.54, 1.807) is 36.7 Å². The molecule has 3 rings (SSSR count). The molecule has 0 atom stereocenters. The molecule has 1 aliphatic rings. The topological polar surface area (TPSA) is 79.3 Å². The molecule has 1 amide bonds. The van der Waals surface area contributed by atoms with Gasteiger partial charge in [0.1, 0.15) is 0 Å². The van der Waals surface area contributed by atoms with Crippen molar-refractivity contribution in [3.8, 4) is 0 Å². The molecule has 0 saturated heterocycles. The number of hydrogen-bond donors (Lipinski definition) is 2. The van der Waals surface area contributed by atoms with Crippen LogP contribution in [0.1, 0.15) is 36.8 Å². The van der Waals surface area contributed by atoms with Gasteiger partial charge in [0, 0.05) is 18.1 Å². The smallest absolute Gasteiger partial charge is 0.307 e. The Bertz CT molecular complexity index is 737. The predicted octanol–water partition coefficient (Wildman–Crippen LogP) is 3.16. The number of benzene rings is 1. The van der Waals surface area contributed by atoms with Gasteiger partial charge < -0.3 is 10.4 Å². The molecule has 2 N–H and O–H groups in total. The standard InChI is InChI=1S/C19H20N2O3/c22-17(23)12-14-5-3-7-16(11-14)21-18(24)19(8-1-2-9-19)15-6-4-10-20-13-15/h3-7,10-11,13H,1-2,8-9,12H2,(H,21,24)(H,22,23). The fraction of sp³-hybridized carbons (Fsp3) is 0.316. The maximum absolute atomic E-state index is 13.0. The summed E-state index contributed by atoms with van der Waals surface area (Å²) in [6.07, 6.45) is 7.06. The van der Waals surface area contributed by atoms with Crippen LogP contribution in [0.2, 0.25) is 0 Å². The van der Waals surface area contributed by atoms with E-state index in [0.717, 1.165) is 31.2 Å². The van der Waals surface area contributed by atoms with Crippen molar-refractivity contribution in [2.75, 3.05) is 5.32 Å². The molecule has 0 bridgehead atoms. The third-order valence-electron chi connectivity index (χ3n) is 4.65. The summed E-state index contributed by atoms with van der Waals surface area (Å²) in [7, 11) is 0. The van der Waals surface area contributed by atoms with E-state index in [0.29, 0.717) is 11.3 Å². The Balaban J connectivity index is 1.84. The lowest BCUT2D eigenvalue weighted by molar-refractivity contribution is -0.136. The average Bonchev–Trinajstić information content (AvgIpc) is 3.06. The SMILES string of the molecule is O=C(O)Cc1cccc(NC(=O)C2(c3cccnc3)CCCC2)c1. The highest BCUT2D eigenvalue weighted by Crippen LogP contribution is 2.41. The van der Waals surface area contributed by atoms with Gasteiger partial charge in [0.2, 0.25) is 5.91 Å². The number of aromatic nitrogens is 1. The van der Waals surface area contributed by atoms with Crippen LogP contribution in [-0.2, 0) is 21.4 Å². The summed E-state index contributed by atoms with van der Waals surface area (Å²) < 4.78 is 0. The molecular weight excluding hydrogens is 304 g/mol. The van der Waals surface area contributed by atoms with Gasteiger partial charge in [0.25, 0.3) is 0 Å². The molecule has 1 aliphatic carbocycles. The van der Waals surface area contributed by atoms with Crippen LogP contribution in [0.4, 0.5) is 5.69 Å². The number of nitrogens with zero attached hydrogens (tertiary/aromatic N) is 1. The molecule has 124 valence electrons. The predicted molar refractivity (Wildman–Crippen MR) is 90.8 cm³/mol. The molecule has 0 radical (unpaired) electrons. The first-order chi connectivity index (χ1) is 11.6. The van der Waals surface area contributed by atoms with Gasteiger partial charge in [-0.2, -0.15) is 0 Å². The molecule has 5 nitrogen and oxygen atoms in total. The first-order valence-corrected chi connectivity index (χ1v) is 8.13. The van der Waals surface area contributed by atoms with E-state index in [1.807, 2.05) is 12.1 Å². The largest absolute Gasteiger partial charge is 0.481 e. The van der Waals surface area contributed by atoms with Gasteiger partial charge in [0.15, 0.2) is 0 Å². The molecule has 5 heteroatoms. The Hall–Kier alpha value is -2.69. The van der Waals surface area contributed by atoms with E-state index in [4.69, 9.17) is 5.11 Å². The molecule has 1 heterocycles. The van der Waals surface area contributed by atoms with Crippen molar-refractivity contribution >= 4 is 17.6 Å². The second-order valence-electron chi connectivity index (χ2n) is 6.26. The third-order valence-corrected chi connectivity index (χ3v) is 4.65. The van der Waals surface area contributed by atoms with E-state index >= 15 is 0 Å². The zero-order valence-corrected chi connectivity index (χ0v) is 13.4. The average molecular weight is 324 g/mol. The summed E-state index contributed by atoms with van der Waals surface area (Å²) in [6.45, 7) is 0. The minimum Gasteiger partial charge on any atom is -0.481 e. The van der Waals surface area contributed by atoms with Crippen LogP contribution in [0.15, 0.2) is 48.8 Å². The van der Waals surface area contributed by atoms with Crippen molar-refractivity contribution in [2.45, 2.75) is 37.5 Å². The fourth-order valence-corrected chi connectivity index (χ4v) is 3.46. The van der Waals surface area contributed by atoms with E-state index in [-0.39, 0.29) is 12.3 Å². The van der Waals surface area contributed by atoms with Crippen LogP contribution < -0.4 is 5.32 Å². The highest BCUT2D eigenvalue weighted by Gasteiger charge is 2.42. The van der Waals surface area contributed by atoms with Gasteiger partial charge in [-0.15, -0.1) is 0 Å². The molecular formula is C19H20N2O3. The Labute approximate surface area is 140 Å². The molecule has 1 fully saturated rings. The van der Waals surface area contributed by atoms with E-state index in [1.165, 1.54) is 0 Å². The number of carbonyl (C=O) groups is 2. The van der Waals surface area contributed by atoms with E-state index < -0.39 is 11.4 Å². The summed E-state index contributed by atoms with van der Waals surface area (Å²) in [5.74, 6) is -0.929. The zero-order chi connectivity index (χ0) is 17.0. The lowest BCUT2D eigenvalue weighted by Crippen LogP contribution is -2.38. The highest BCUT2D eigenvalue weighted by molar-refractivity contribution is 5.99. The number of pyridine rings is 1. The third kappa shape index (κ3) is 3.30. The van der Waals surface area contributed by atoms with Crippen molar-refractivity contribution in [1.29, 1.82) is 0 Å². The molecule has 0 aliphatic heterocycles. The minimum absolute atomic E-state index is 0.0412. The summed E-state index contributed by atoms with van der Waals surface area (Å²) in [6, 6.07) is 10.8. The molecule has 1 saturated carbocycles. The lowest BCUT2D eigenvalue weighted by Gasteiger charge is -2.28. The van der Waals surface area contributed by atoms with Crippen molar-refractivity contribution in [3.05, 3.63) is 59.9 Å². The monoisotopic (exact) mass is 324 g/mol. The minimum atomic E-state index is -0.888. The molecule has 1 aromatic heterocycles. The van der Waals surface area contributed by atoms with Crippen molar-refractivity contribution in [2.24, 2.45) is 0 Å². The summed E-state index contributed by atoms with van der Waals surface area (Å²) >= 11 is 0. The molecule has 1 aromatic carbocycles. The number of hydrogen-bond acceptors (Lipinski definition) is 3. The Morgan fingerprint density at radius 3 is 2.62 bits per heavy atom. The van der Waals surface area contributed by atoms with Crippen molar-refractivity contribution in [1.82, 2.24) is 4.98 Å². The Kier molecular flexibility index (Phi) is 4.60. The van der Waals surface area contributed by atoms with Crippen LogP contribution >= 0.6 is 0 Å². The van der Waals surface area contributed by atoms with Gasteiger partial charge in [0.05, 0.1) is 11.8 Å². The van der Waals surface area contributed by atoms with Crippen LogP contribution in [0.5, 0.6) is 0 Å². The Morgan fingerprint density at radius 2 is 1.96 bits per heavy atom. The zero-order valence-electron chi connectivity index (χ0n) is 13.4. The quantitative estimate of drug-likeness (QED) is 0.885. The maximum atomic E-state index is 13.0. The molecule has 24 heavy (non-hydrogen) atoms. The number of anilines is 1. The first kappa shape index (κ1) is 16.2. The van der Waals surface area contributed by atoms with Crippen molar-refractivity contribution in [3.63, 3.8) is 0 Å². The van der Waals surface area contributed by atoms with Gasteiger partial charge in [-0.25, -0.2) is 0 Å². The van der Waals surface area contributed by atoms with Crippen LogP contribution in [0.3, 0.4) is 0 Å². The normalized spacial score (nSPS) is 15.8. The Morgan fingerprint density at radius 1 is 1.17 bits per heavy atom. The van der Waals surface area contributed by atoms with Gasteiger partial charge in [-0.05, 0) is 42.2 Å². The number of nitrogens with one attached hydrogen (secondary N) is 1. The first-order valence-electron chi connectivity index (χ1n) is 8.13. The maximum Gasteiger partial charge on any atom is 0.307 e. The number of amides is 1. The number of aliphatic carboxylic acids is 1. The summed E-state index contributed by atoms with van der Waals surface area (Å²) in [5.41, 5.74) is 1.70. The lowest BCUT2D eigenvalue weighted by atomic mass is 9.78. The van der Waals surface area contributed by atoms with Crippen molar-refractivity contribution < 1.29 is 14.7 Å². The number of rotatable bonds is 5. The number of carbonyl (C=O) groups excluding carboxylic acids is 1. The summed E-state index contributed by atoms with van der Waals surface area (Å²) in [5, 5.41) is 11.9. The molecule has 0 spiro atoms. The second kappa shape index (κ2) is 6.83. The van der Waals surface area contributed by atoms with E-state index in [2.05, 4.69) is 10.3 Å². The van der Waals surface area contributed by atoms with Gasteiger partial charge in [-0.3, -0.25) is 14.6 Å². The van der Waals surface area contributed by atoms with Crippen LogP contribution in [0.25, 0.3) is 0 Å². The highest BCUT2D eigenvalue weighted by atomic mass is 16.4. The van der Waals surface area contributed by atoms with Crippen LogP contribution in [-0.4, -0.2) is 22.0 Å². The van der Waals surface area contributed by atoms with Gasteiger partial charge in [-0.1, -0.05) is 31.0 Å². The fourth-order valence-electron chi connectivity index (χ4n) is 3.46. The van der Waals surface area contributed by atoms with Gasteiger partial charge >= 0.3 is 5.97 Å². The number of carboxylic acids is 1.